The fourth-order valence-corrected chi connectivity index (χ4v) is 2.87. The van der Waals surface area contributed by atoms with Gasteiger partial charge in [-0.1, -0.05) is 0 Å². The van der Waals surface area contributed by atoms with Gasteiger partial charge in [0.15, 0.2) is 9.84 Å². The van der Waals surface area contributed by atoms with E-state index in [0.29, 0.717) is 28.2 Å². The lowest BCUT2D eigenvalue weighted by Crippen LogP contribution is -2.00. The normalized spacial score (nSPS) is 11.4. The van der Waals surface area contributed by atoms with Gasteiger partial charge >= 0.3 is 5.97 Å². The van der Waals surface area contributed by atoms with Crippen LogP contribution in [0.4, 0.5) is 11.6 Å². The number of hydrogen-bond acceptors (Lipinski definition) is 6. The van der Waals surface area contributed by atoms with Crippen LogP contribution >= 0.6 is 0 Å². The van der Waals surface area contributed by atoms with Crippen molar-refractivity contribution in [3.05, 3.63) is 48.0 Å². The predicted octanol–water partition coefficient (Wildman–Crippen LogP) is 2.50. The summed E-state index contributed by atoms with van der Waals surface area (Å²) in [6, 6.07) is 11.4. The number of sulfone groups is 1. The summed E-state index contributed by atoms with van der Waals surface area (Å²) in [5.74, 6) is 0.0662. The molecule has 0 aliphatic carbocycles. The summed E-state index contributed by atoms with van der Waals surface area (Å²) in [4.78, 5) is 19.2. The van der Waals surface area contributed by atoms with Gasteiger partial charge in [0.05, 0.1) is 28.6 Å². The summed E-state index contributed by atoms with van der Waals surface area (Å²) in [5, 5.41) is 3.06. The molecule has 8 heteroatoms. The Morgan fingerprint density at radius 3 is 2.50 bits per heavy atom. The zero-order chi connectivity index (χ0) is 17.3. The monoisotopic (exact) mass is 345 g/mol. The van der Waals surface area contributed by atoms with E-state index in [-0.39, 0.29) is 4.90 Å². The Morgan fingerprint density at radius 2 is 1.88 bits per heavy atom. The number of carbonyl (C=O) groups excluding carboxylic acids is 1. The zero-order valence-electron chi connectivity index (χ0n) is 13.0. The molecule has 2 N–H and O–H groups in total. The smallest absolute Gasteiger partial charge is 0.337 e. The van der Waals surface area contributed by atoms with E-state index in [0.717, 1.165) is 6.26 Å². The number of aromatic amines is 1. The van der Waals surface area contributed by atoms with Crippen LogP contribution in [0.1, 0.15) is 10.4 Å². The highest BCUT2D eigenvalue weighted by molar-refractivity contribution is 7.90. The number of esters is 1. The molecule has 3 aromatic rings. The Labute approximate surface area is 138 Å². The molecule has 0 spiro atoms. The van der Waals surface area contributed by atoms with E-state index in [4.69, 9.17) is 0 Å². The molecule has 0 fully saturated rings. The molecule has 24 heavy (non-hydrogen) atoms. The molecule has 0 atom stereocenters. The van der Waals surface area contributed by atoms with Crippen LogP contribution in [0.3, 0.4) is 0 Å². The summed E-state index contributed by atoms with van der Waals surface area (Å²) in [6.07, 6.45) is 1.16. The lowest BCUT2D eigenvalue weighted by Gasteiger charge is -2.03. The molecule has 0 amide bonds. The number of ether oxygens (including phenoxy) is 1. The molecule has 1 heterocycles. The van der Waals surface area contributed by atoms with Crippen molar-refractivity contribution in [3.63, 3.8) is 0 Å². The third kappa shape index (κ3) is 3.23. The van der Waals surface area contributed by atoms with Gasteiger partial charge < -0.3 is 15.0 Å². The standard InChI is InChI=1S/C16H15N3O4S/c1-23-15(20)10-3-8-13-14(9-10)19-16(18-13)17-11-4-6-12(7-5-11)24(2,21)22/h3-9H,1-2H3,(H2,17,18,19). The molecule has 0 unspecified atom stereocenters. The molecule has 1 aromatic heterocycles. The van der Waals surface area contributed by atoms with Crippen molar-refractivity contribution in [1.29, 1.82) is 0 Å². The second-order valence-electron chi connectivity index (χ2n) is 5.23. The Balaban J connectivity index is 1.86. The van der Waals surface area contributed by atoms with Gasteiger partial charge in [0.1, 0.15) is 0 Å². The average Bonchev–Trinajstić information content (AvgIpc) is 2.95. The largest absolute Gasteiger partial charge is 0.465 e. The number of imidazole rings is 1. The number of rotatable bonds is 4. The first-order chi connectivity index (χ1) is 11.4. The quantitative estimate of drug-likeness (QED) is 0.705. The van der Waals surface area contributed by atoms with Gasteiger partial charge in [-0.15, -0.1) is 0 Å². The second-order valence-corrected chi connectivity index (χ2v) is 7.25. The molecule has 3 rings (SSSR count). The minimum absolute atomic E-state index is 0.250. The van der Waals surface area contributed by atoms with Gasteiger partial charge in [-0.2, -0.15) is 0 Å². The topological polar surface area (TPSA) is 101 Å². The number of aromatic nitrogens is 2. The van der Waals surface area contributed by atoms with Gasteiger partial charge in [0.2, 0.25) is 5.95 Å². The van der Waals surface area contributed by atoms with E-state index < -0.39 is 15.8 Å². The molecular formula is C16H15N3O4S. The minimum atomic E-state index is -3.22. The molecular weight excluding hydrogens is 330 g/mol. The van der Waals surface area contributed by atoms with Crippen molar-refractivity contribution in [3.8, 4) is 0 Å². The summed E-state index contributed by atoms with van der Waals surface area (Å²) in [5.41, 5.74) is 2.50. The molecule has 0 saturated heterocycles. The summed E-state index contributed by atoms with van der Waals surface area (Å²) in [7, 11) is -1.90. The number of nitrogens with one attached hydrogen (secondary N) is 2. The van der Waals surface area contributed by atoms with Crippen LogP contribution in [0.25, 0.3) is 11.0 Å². The first-order valence-electron chi connectivity index (χ1n) is 7.02. The van der Waals surface area contributed by atoms with E-state index in [2.05, 4.69) is 20.0 Å². The lowest BCUT2D eigenvalue weighted by atomic mass is 10.2. The number of carbonyl (C=O) groups is 1. The predicted molar refractivity (Wildman–Crippen MR) is 90.3 cm³/mol. The Hall–Kier alpha value is -2.87. The van der Waals surface area contributed by atoms with E-state index in [9.17, 15) is 13.2 Å². The molecule has 0 radical (unpaired) electrons. The fraction of sp³-hybridized carbons (Fsp3) is 0.125. The lowest BCUT2D eigenvalue weighted by molar-refractivity contribution is 0.0601. The highest BCUT2D eigenvalue weighted by Crippen LogP contribution is 2.21. The van der Waals surface area contributed by atoms with E-state index in [1.165, 1.54) is 19.2 Å². The summed E-state index contributed by atoms with van der Waals surface area (Å²) >= 11 is 0. The highest BCUT2D eigenvalue weighted by atomic mass is 32.2. The molecule has 0 aliphatic rings. The van der Waals surface area contributed by atoms with Crippen LogP contribution in [0.2, 0.25) is 0 Å². The van der Waals surface area contributed by atoms with Crippen LogP contribution < -0.4 is 5.32 Å². The number of nitrogens with zero attached hydrogens (tertiary/aromatic N) is 1. The number of anilines is 2. The first kappa shape index (κ1) is 16.0. The highest BCUT2D eigenvalue weighted by Gasteiger charge is 2.10. The molecule has 0 aliphatic heterocycles. The van der Waals surface area contributed by atoms with Crippen molar-refractivity contribution < 1.29 is 17.9 Å². The number of hydrogen-bond donors (Lipinski definition) is 2. The number of H-pyrrole nitrogens is 1. The van der Waals surface area contributed by atoms with E-state index in [1.54, 1.807) is 30.3 Å². The first-order valence-corrected chi connectivity index (χ1v) is 8.91. The second kappa shape index (κ2) is 5.97. The third-order valence-corrected chi connectivity index (χ3v) is 4.58. The van der Waals surface area contributed by atoms with Crippen molar-refractivity contribution in [2.45, 2.75) is 4.90 Å². The average molecular weight is 345 g/mol. The van der Waals surface area contributed by atoms with Crippen LogP contribution in [0, 0.1) is 0 Å². The number of methoxy groups -OCH3 is 1. The molecule has 0 saturated carbocycles. The number of benzene rings is 2. The van der Waals surface area contributed by atoms with Crippen molar-refractivity contribution in [1.82, 2.24) is 9.97 Å². The maximum atomic E-state index is 11.5. The maximum absolute atomic E-state index is 11.5. The minimum Gasteiger partial charge on any atom is -0.465 e. The van der Waals surface area contributed by atoms with Crippen molar-refractivity contribution in [2.75, 3.05) is 18.7 Å². The Morgan fingerprint density at radius 1 is 1.17 bits per heavy atom. The third-order valence-electron chi connectivity index (χ3n) is 3.45. The summed E-state index contributed by atoms with van der Waals surface area (Å²) < 4.78 is 27.6. The Kier molecular flexibility index (Phi) is 3.98. The van der Waals surface area contributed by atoms with Gasteiger partial charge in [-0.25, -0.2) is 18.2 Å². The van der Waals surface area contributed by atoms with Gasteiger partial charge in [0.25, 0.3) is 0 Å². The van der Waals surface area contributed by atoms with Crippen molar-refractivity contribution >= 4 is 38.5 Å². The van der Waals surface area contributed by atoms with Crippen LogP contribution in [-0.4, -0.2) is 37.7 Å². The van der Waals surface area contributed by atoms with Gasteiger partial charge in [-0.3, -0.25) is 0 Å². The van der Waals surface area contributed by atoms with Gasteiger partial charge in [0, 0.05) is 11.9 Å². The molecule has 124 valence electrons. The summed E-state index contributed by atoms with van der Waals surface area (Å²) in [6.45, 7) is 0. The maximum Gasteiger partial charge on any atom is 0.337 e. The van der Waals surface area contributed by atoms with Crippen molar-refractivity contribution in [2.24, 2.45) is 0 Å². The molecule has 7 nitrogen and oxygen atoms in total. The number of fused-ring (bicyclic) bond motifs is 1. The van der Waals surface area contributed by atoms with Gasteiger partial charge in [-0.05, 0) is 42.5 Å². The SMILES string of the molecule is COC(=O)c1ccc2nc(Nc3ccc(S(C)(=O)=O)cc3)[nH]c2c1. The van der Waals surface area contributed by atoms with Crippen LogP contribution in [-0.2, 0) is 14.6 Å². The van der Waals surface area contributed by atoms with E-state index >= 15 is 0 Å². The zero-order valence-corrected chi connectivity index (χ0v) is 13.8. The van der Waals surface area contributed by atoms with E-state index in [1.807, 2.05) is 0 Å². The molecule has 0 bridgehead atoms. The molecule has 2 aromatic carbocycles. The Bertz CT molecular complexity index is 1010. The van der Waals surface area contributed by atoms with Crippen LogP contribution in [0.15, 0.2) is 47.4 Å². The van der Waals surface area contributed by atoms with Crippen LogP contribution in [0.5, 0.6) is 0 Å². The fourth-order valence-electron chi connectivity index (χ4n) is 2.24.